The van der Waals surface area contributed by atoms with Gasteiger partial charge in [0.2, 0.25) is 0 Å². The molecule has 0 bridgehead atoms. The van der Waals surface area contributed by atoms with Crippen LogP contribution in [0.5, 0.6) is 0 Å². The number of morpholine rings is 1. The van der Waals surface area contributed by atoms with Crippen molar-refractivity contribution >= 4 is 11.9 Å². The van der Waals surface area contributed by atoms with E-state index in [1.54, 1.807) is 23.9 Å². The minimum absolute atomic E-state index is 0.0148. The number of amides is 1. The predicted molar refractivity (Wildman–Crippen MR) is 80.4 cm³/mol. The van der Waals surface area contributed by atoms with E-state index in [4.69, 9.17) is 14.4 Å². The largest absolute Gasteiger partial charge is 0.479 e. The lowest BCUT2D eigenvalue weighted by atomic mass is 10.2. The second-order valence-electron chi connectivity index (χ2n) is 5.88. The van der Waals surface area contributed by atoms with Gasteiger partial charge in [-0.25, -0.2) is 4.79 Å². The number of hydrogen-bond donors (Lipinski definition) is 1. The first-order chi connectivity index (χ1) is 11.4. The summed E-state index contributed by atoms with van der Waals surface area (Å²) in [5.74, 6) is -0.963. The fourth-order valence-electron chi connectivity index (χ4n) is 2.62. The zero-order valence-corrected chi connectivity index (χ0v) is 13.4. The Kier molecular flexibility index (Phi) is 4.34. The minimum Gasteiger partial charge on any atom is -0.479 e. The number of carbonyl (C=O) groups excluding carboxylic acids is 1. The van der Waals surface area contributed by atoms with E-state index in [9.17, 15) is 9.59 Å². The maximum atomic E-state index is 12.5. The average Bonchev–Trinajstić information content (AvgIpc) is 3.15. The van der Waals surface area contributed by atoms with Crippen molar-refractivity contribution in [2.24, 2.45) is 0 Å². The standard InChI is InChI=1S/C15H18N4O5/c1-9-4-16-19(5-9)7-11-3-12(17-24-11)14(20)18-6-10(2)23-13(8-18)15(21)22/h3-5,10,13H,6-8H2,1-2H3,(H,21,22)/t10-,13?/m1/s1. The van der Waals surface area contributed by atoms with Crippen LogP contribution in [0.1, 0.15) is 28.7 Å². The number of ether oxygens (including phenoxy) is 1. The third kappa shape index (κ3) is 3.46. The molecule has 1 aliphatic heterocycles. The van der Waals surface area contributed by atoms with Crippen molar-refractivity contribution in [1.82, 2.24) is 19.8 Å². The lowest BCUT2D eigenvalue weighted by molar-refractivity contribution is -0.160. The Hall–Kier alpha value is -2.68. The summed E-state index contributed by atoms with van der Waals surface area (Å²) >= 11 is 0. The fourth-order valence-corrected chi connectivity index (χ4v) is 2.62. The summed E-state index contributed by atoms with van der Waals surface area (Å²) in [5, 5.41) is 17.0. The van der Waals surface area contributed by atoms with E-state index in [2.05, 4.69) is 10.3 Å². The summed E-state index contributed by atoms with van der Waals surface area (Å²) in [6.07, 6.45) is 2.19. The van der Waals surface area contributed by atoms with Gasteiger partial charge in [-0.05, 0) is 19.4 Å². The molecule has 1 amide bonds. The van der Waals surface area contributed by atoms with E-state index in [-0.39, 0.29) is 24.2 Å². The summed E-state index contributed by atoms with van der Waals surface area (Å²) in [4.78, 5) is 25.0. The van der Waals surface area contributed by atoms with Gasteiger partial charge in [0.25, 0.3) is 5.91 Å². The van der Waals surface area contributed by atoms with E-state index in [1.165, 1.54) is 4.90 Å². The predicted octanol–water partition coefficient (Wildman–Crippen LogP) is 0.542. The number of carbonyl (C=O) groups is 2. The monoisotopic (exact) mass is 334 g/mol. The van der Waals surface area contributed by atoms with Crippen LogP contribution in [0.3, 0.4) is 0 Å². The molecule has 1 unspecified atom stereocenters. The van der Waals surface area contributed by atoms with Crippen LogP contribution in [0.2, 0.25) is 0 Å². The van der Waals surface area contributed by atoms with Crippen molar-refractivity contribution in [3.63, 3.8) is 0 Å². The van der Waals surface area contributed by atoms with Gasteiger partial charge in [0.05, 0.1) is 18.8 Å². The number of aromatic nitrogens is 3. The number of nitrogens with zero attached hydrogens (tertiary/aromatic N) is 4. The van der Waals surface area contributed by atoms with Gasteiger partial charge in [0.1, 0.15) is 6.54 Å². The molecule has 1 N–H and O–H groups in total. The number of rotatable bonds is 4. The Balaban J connectivity index is 1.69. The van der Waals surface area contributed by atoms with Crippen molar-refractivity contribution in [3.05, 3.63) is 35.5 Å². The van der Waals surface area contributed by atoms with E-state index in [0.717, 1.165) is 5.56 Å². The minimum atomic E-state index is -1.09. The Morgan fingerprint density at radius 1 is 1.42 bits per heavy atom. The Morgan fingerprint density at radius 2 is 2.21 bits per heavy atom. The zero-order valence-electron chi connectivity index (χ0n) is 13.4. The highest BCUT2D eigenvalue weighted by molar-refractivity contribution is 5.92. The van der Waals surface area contributed by atoms with Crippen molar-refractivity contribution in [3.8, 4) is 0 Å². The van der Waals surface area contributed by atoms with Crippen molar-refractivity contribution in [1.29, 1.82) is 0 Å². The van der Waals surface area contributed by atoms with Gasteiger partial charge in [-0.15, -0.1) is 0 Å². The Bertz CT molecular complexity index is 753. The van der Waals surface area contributed by atoms with Crippen LogP contribution in [0.15, 0.2) is 23.0 Å². The smallest absolute Gasteiger partial charge is 0.334 e. The highest BCUT2D eigenvalue weighted by Crippen LogP contribution is 2.15. The Morgan fingerprint density at radius 3 is 2.88 bits per heavy atom. The van der Waals surface area contributed by atoms with Crippen LogP contribution < -0.4 is 0 Å². The van der Waals surface area contributed by atoms with E-state index < -0.39 is 12.1 Å². The maximum absolute atomic E-state index is 12.5. The molecule has 24 heavy (non-hydrogen) atoms. The molecule has 128 valence electrons. The highest BCUT2D eigenvalue weighted by Gasteiger charge is 2.34. The zero-order chi connectivity index (χ0) is 17.3. The van der Waals surface area contributed by atoms with Gasteiger partial charge in [0, 0.05) is 18.8 Å². The molecule has 1 aliphatic rings. The fraction of sp³-hybridized carbons (Fsp3) is 0.467. The van der Waals surface area contributed by atoms with Gasteiger partial charge in [-0.3, -0.25) is 9.48 Å². The molecule has 0 saturated carbocycles. The molecule has 1 fully saturated rings. The second-order valence-corrected chi connectivity index (χ2v) is 5.88. The average molecular weight is 334 g/mol. The summed E-state index contributed by atoms with van der Waals surface area (Å²) in [7, 11) is 0. The number of hydrogen-bond acceptors (Lipinski definition) is 6. The van der Waals surface area contributed by atoms with Gasteiger partial charge in [0.15, 0.2) is 17.6 Å². The summed E-state index contributed by atoms with van der Waals surface area (Å²) in [6, 6.07) is 1.55. The van der Waals surface area contributed by atoms with Crippen molar-refractivity contribution in [2.75, 3.05) is 13.1 Å². The first-order valence-electron chi connectivity index (χ1n) is 7.54. The van der Waals surface area contributed by atoms with Gasteiger partial charge in [-0.1, -0.05) is 5.16 Å². The SMILES string of the molecule is Cc1cnn(Cc2cc(C(=O)N3CC(C(=O)O)O[C@H](C)C3)no2)c1. The molecular weight excluding hydrogens is 316 g/mol. The van der Waals surface area contributed by atoms with Crippen LogP contribution in [-0.4, -0.2) is 62.1 Å². The lowest BCUT2D eigenvalue weighted by Crippen LogP contribution is -2.51. The topological polar surface area (TPSA) is 111 Å². The van der Waals surface area contributed by atoms with Crippen molar-refractivity contribution in [2.45, 2.75) is 32.6 Å². The molecule has 0 aliphatic carbocycles. The first kappa shape index (κ1) is 16.2. The summed E-state index contributed by atoms with van der Waals surface area (Å²) in [6.45, 7) is 4.31. The van der Waals surface area contributed by atoms with Crippen LogP contribution in [-0.2, 0) is 16.1 Å². The molecule has 9 heteroatoms. The van der Waals surface area contributed by atoms with E-state index in [0.29, 0.717) is 18.8 Å². The summed E-state index contributed by atoms with van der Waals surface area (Å²) < 4.78 is 12.2. The molecule has 2 aromatic heterocycles. The highest BCUT2D eigenvalue weighted by atomic mass is 16.5. The third-order valence-electron chi connectivity index (χ3n) is 3.68. The third-order valence-corrected chi connectivity index (χ3v) is 3.68. The van der Waals surface area contributed by atoms with Crippen LogP contribution in [0.4, 0.5) is 0 Å². The Labute approximate surface area is 137 Å². The molecule has 9 nitrogen and oxygen atoms in total. The molecule has 0 spiro atoms. The molecule has 2 aromatic rings. The molecular formula is C15H18N4O5. The molecule has 1 saturated heterocycles. The van der Waals surface area contributed by atoms with Gasteiger partial charge in [-0.2, -0.15) is 5.10 Å². The van der Waals surface area contributed by atoms with Crippen LogP contribution in [0, 0.1) is 6.92 Å². The number of aryl methyl sites for hydroxylation is 1. The molecule has 3 rings (SSSR count). The normalized spacial score (nSPS) is 21.0. The van der Waals surface area contributed by atoms with E-state index >= 15 is 0 Å². The summed E-state index contributed by atoms with van der Waals surface area (Å²) in [5.41, 5.74) is 1.17. The molecule has 2 atom stereocenters. The van der Waals surface area contributed by atoms with E-state index in [1.807, 2.05) is 13.1 Å². The van der Waals surface area contributed by atoms with Crippen LogP contribution in [0.25, 0.3) is 0 Å². The number of aliphatic carboxylic acids is 1. The molecule has 0 aromatic carbocycles. The van der Waals surface area contributed by atoms with Crippen molar-refractivity contribution < 1.29 is 24.0 Å². The quantitative estimate of drug-likeness (QED) is 0.869. The lowest BCUT2D eigenvalue weighted by Gasteiger charge is -2.34. The van der Waals surface area contributed by atoms with Crippen LogP contribution >= 0.6 is 0 Å². The molecule has 0 radical (unpaired) electrons. The van der Waals surface area contributed by atoms with Gasteiger partial charge < -0.3 is 19.3 Å². The number of carboxylic acid groups (broad SMARTS) is 1. The maximum Gasteiger partial charge on any atom is 0.334 e. The second kappa shape index (κ2) is 6.44. The first-order valence-corrected chi connectivity index (χ1v) is 7.54. The molecule has 3 heterocycles. The number of carboxylic acids is 1. The van der Waals surface area contributed by atoms with Gasteiger partial charge >= 0.3 is 5.97 Å².